The predicted molar refractivity (Wildman–Crippen MR) is 121 cm³/mol. The molecule has 2 heterocycles. The van der Waals surface area contributed by atoms with Crippen molar-refractivity contribution in [2.75, 3.05) is 26.2 Å². The summed E-state index contributed by atoms with van der Waals surface area (Å²) in [6.07, 6.45) is 3.07. The quantitative estimate of drug-likeness (QED) is 0.774. The van der Waals surface area contributed by atoms with Gasteiger partial charge in [0.2, 0.25) is 11.8 Å². The molecule has 0 bridgehead atoms. The summed E-state index contributed by atoms with van der Waals surface area (Å²) in [6.45, 7) is 13.6. The van der Waals surface area contributed by atoms with Gasteiger partial charge in [0, 0.05) is 45.2 Å². The van der Waals surface area contributed by atoms with Gasteiger partial charge in [-0.2, -0.15) is 0 Å². The molecule has 1 aromatic rings. The number of hydrogen-bond donors (Lipinski definition) is 1. The van der Waals surface area contributed by atoms with Crippen molar-refractivity contribution in [1.29, 1.82) is 0 Å². The molecule has 3 rings (SSSR count). The number of carbonyl (C=O) groups excluding carboxylic acids is 2. The highest BCUT2D eigenvalue weighted by Crippen LogP contribution is 2.24. The zero-order chi connectivity index (χ0) is 21.7. The number of nitrogens with one attached hydrogen (secondary N) is 1. The summed E-state index contributed by atoms with van der Waals surface area (Å²) in [7, 11) is 0. The lowest BCUT2D eigenvalue weighted by molar-refractivity contribution is -0.138. The minimum absolute atomic E-state index is 0.0149. The molecule has 0 radical (unpaired) electrons. The monoisotopic (exact) mass is 413 g/mol. The third-order valence-corrected chi connectivity index (χ3v) is 6.51. The van der Waals surface area contributed by atoms with Crippen molar-refractivity contribution in [2.45, 2.75) is 60.0 Å². The third-order valence-electron chi connectivity index (χ3n) is 6.51. The molecule has 30 heavy (non-hydrogen) atoms. The van der Waals surface area contributed by atoms with E-state index in [2.05, 4.69) is 48.3 Å². The van der Waals surface area contributed by atoms with Crippen molar-refractivity contribution in [2.24, 2.45) is 23.7 Å². The molecule has 3 atom stereocenters. The Labute approximate surface area is 182 Å². The van der Waals surface area contributed by atoms with Gasteiger partial charge in [-0.15, -0.1) is 0 Å². The van der Waals surface area contributed by atoms with E-state index < -0.39 is 0 Å². The molecule has 1 N–H and O–H groups in total. The second kappa shape index (κ2) is 10.4. The van der Waals surface area contributed by atoms with Crippen LogP contribution in [0.1, 0.15) is 58.1 Å². The molecular weight excluding hydrogens is 374 g/mol. The Balaban J connectivity index is 1.57. The largest absolute Gasteiger partial charge is 0.352 e. The van der Waals surface area contributed by atoms with Crippen LogP contribution >= 0.6 is 0 Å². The molecule has 2 aliphatic heterocycles. The standard InChI is InChI=1S/C25H39N3O2/c1-18(2)25(30)28-11-7-10-23(17-28)24(29)26-13-21-8-5-6-9-22(21)16-27-14-19(3)12-20(4)15-27/h5-6,8-9,18-20,23H,7,10-17H2,1-4H3,(H,26,29)/t19-,20+,23-/m1/s1. The van der Waals surface area contributed by atoms with Crippen LogP contribution < -0.4 is 5.32 Å². The topological polar surface area (TPSA) is 52.7 Å². The van der Waals surface area contributed by atoms with Gasteiger partial charge in [-0.25, -0.2) is 0 Å². The fraction of sp³-hybridized carbons (Fsp3) is 0.680. The van der Waals surface area contributed by atoms with E-state index in [1.165, 1.54) is 17.5 Å². The molecule has 2 saturated heterocycles. The molecule has 0 spiro atoms. The average Bonchev–Trinajstić information content (AvgIpc) is 2.71. The van der Waals surface area contributed by atoms with Gasteiger partial charge in [0.05, 0.1) is 5.92 Å². The van der Waals surface area contributed by atoms with Crippen molar-refractivity contribution in [3.8, 4) is 0 Å². The zero-order valence-corrected chi connectivity index (χ0v) is 19.2. The molecule has 0 unspecified atom stereocenters. The van der Waals surface area contributed by atoms with Crippen LogP contribution in [-0.2, 0) is 22.7 Å². The lowest BCUT2D eigenvalue weighted by Gasteiger charge is -2.35. The maximum atomic E-state index is 12.8. The zero-order valence-electron chi connectivity index (χ0n) is 19.2. The Morgan fingerprint density at radius 2 is 1.73 bits per heavy atom. The minimum Gasteiger partial charge on any atom is -0.352 e. The molecule has 1 aromatic carbocycles. The SMILES string of the molecule is CC(C)C(=O)N1CCC[C@@H](C(=O)NCc2ccccc2CN2C[C@H](C)C[C@H](C)C2)C1. The minimum atomic E-state index is -0.0996. The van der Waals surface area contributed by atoms with Crippen LogP contribution in [0.2, 0.25) is 0 Å². The average molecular weight is 414 g/mol. The number of carbonyl (C=O) groups is 2. The number of rotatable bonds is 6. The van der Waals surface area contributed by atoms with E-state index in [4.69, 9.17) is 0 Å². The summed E-state index contributed by atoms with van der Waals surface area (Å²) in [6, 6.07) is 8.46. The first kappa shape index (κ1) is 22.8. The summed E-state index contributed by atoms with van der Waals surface area (Å²) >= 11 is 0. The van der Waals surface area contributed by atoms with Gasteiger partial charge < -0.3 is 10.2 Å². The fourth-order valence-electron chi connectivity index (χ4n) is 5.13. The maximum absolute atomic E-state index is 12.8. The first-order chi connectivity index (χ1) is 14.3. The van der Waals surface area contributed by atoms with Crippen LogP contribution in [-0.4, -0.2) is 47.8 Å². The molecule has 0 aliphatic carbocycles. The smallest absolute Gasteiger partial charge is 0.225 e. The van der Waals surface area contributed by atoms with Gasteiger partial charge >= 0.3 is 0 Å². The van der Waals surface area contributed by atoms with E-state index in [1.54, 1.807) is 0 Å². The van der Waals surface area contributed by atoms with E-state index in [9.17, 15) is 9.59 Å². The van der Waals surface area contributed by atoms with Crippen molar-refractivity contribution in [3.63, 3.8) is 0 Å². The number of nitrogens with zero attached hydrogens (tertiary/aromatic N) is 2. The molecule has 2 aliphatic rings. The van der Waals surface area contributed by atoms with E-state index in [0.29, 0.717) is 13.1 Å². The predicted octanol–water partition coefficient (Wildman–Crippen LogP) is 3.68. The van der Waals surface area contributed by atoms with Gasteiger partial charge in [0.25, 0.3) is 0 Å². The van der Waals surface area contributed by atoms with E-state index in [-0.39, 0.29) is 23.7 Å². The number of likely N-dealkylation sites (tertiary alicyclic amines) is 2. The lowest BCUT2D eigenvalue weighted by Crippen LogP contribution is -2.46. The number of amides is 2. The van der Waals surface area contributed by atoms with Crippen LogP contribution in [0.4, 0.5) is 0 Å². The maximum Gasteiger partial charge on any atom is 0.225 e. The van der Waals surface area contributed by atoms with Crippen LogP contribution in [0.3, 0.4) is 0 Å². The van der Waals surface area contributed by atoms with Crippen molar-refractivity contribution >= 4 is 11.8 Å². The number of benzene rings is 1. The number of piperidine rings is 2. The molecular formula is C25H39N3O2. The van der Waals surface area contributed by atoms with Gasteiger partial charge in [0.1, 0.15) is 0 Å². The molecule has 2 amide bonds. The molecule has 0 saturated carbocycles. The Hall–Kier alpha value is -1.88. The Morgan fingerprint density at radius 1 is 1.07 bits per heavy atom. The Morgan fingerprint density at radius 3 is 2.40 bits per heavy atom. The highest BCUT2D eigenvalue weighted by atomic mass is 16.2. The van der Waals surface area contributed by atoms with Crippen molar-refractivity contribution in [1.82, 2.24) is 15.1 Å². The molecule has 5 nitrogen and oxygen atoms in total. The van der Waals surface area contributed by atoms with Crippen LogP contribution in [0.15, 0.2) is 24.3 Å². The van der Waals surface area contributed by atoms with Gasteiger partial charge in [-0.1, -0.05) is 52.0 Å². The van der Waals surface area contributed by atoms with Gasteiger partial charge in [0.15, 0.2) is 0 Å². The second-order valence-electron chi connectivity index (χ2n) is 9.90. The highest BCUT2D eigenvalue weighted by molar-refractivity contribution is 5.82. The lowest BCUT2D eigenvalue weighted by atomic mass is 9.91. The van der Waals surface area contributed by atoms with Gasteiger partial charge in [-0.3, -0.25) is 14.5 Å². The Bertz CT molecular complexity index is 723. The second-order valence-corrected chi connectivity index (χ2v) is 9.90. The van der Waals surface area contributed by atoms with Crippen molar-refractivity contribution < 1.29 is 9.59 Å². The fourth-order valence-corrected chi connectivity index (χ4v) is 5.13. The molecule has 0 aromatic heterocycles. The molecule has 166 valence electrons. The first-order valence-corrected chi connectivity index (χ1v) is 11.7. The molecule has 5 heteroatoms. The van der Waals surface area contributed by atoms with Crippen LogP contribution in [0.25, 0.3) is 0 Å². The summed E-state index contributed by atoms with van der Waals surface area (Å²) in [5, 5.41) is 3.16. The normalized spacial score (nSPS) is 25.4. The first-order valence-electron chi connectivity index (χ1n) is 11.7. The molecule has 2 fully saturated rings. The van der Waals surface area contributed by atoms with E-state index in [0.717, 1.165) is 50.9 Å². The third kappa shape index (κ3) is 6.07. The van der Waals surface area contributed by atoms with E-state index in [1.807, 2.05) is 18.7 Å². The van der Waals surface area contributed by atoms with E-state index >= 15 is 0 Å². The number of hydrogen-bond acceptors (Lipinski definition) is 3. The summed E-state index contributed by atoms with van der Waals surface area (Å²) < 4.78 is 0. The van der Waals surface area contributed by atoms with Gasteiger partial charge in [-0.05, 0) is 42.2 Å². The van der Waals surface area contributed by atoms with Crippen LogP contribution in [0, 0.1) is 23.7 Å². The summed E-state index contributed by atoms with van der Waals surface area (Å²) in [5.74, 6) is 1.59. The summed E-state index contributed by atoms with van der Waals surface area (Å²) in [4.78, 5) is 29.6. The Kier molecular flexibility index (Phi) is 7.93. The van der Waals surface area contributed by atoms with Crippen molar-refractivity contribution in [3.05, 3.63) is 35.4 Å². The highest BCUT2D eigenvalue weighted by Gasteiger charge is 2.29. The van der Waals surface area contributed by atoms with Crippen LogP contribution in [0.5, 0.6) is 0 Å². The summed E-state index contributed by atoms with van der Waals surface area (Å²) in [5.41, 5.74) is 2.50.